The monoisotopic (exact) mass is 331 g/mol. The molecule has 1 N–H and O–H groups in total. The first-order valence-corrected chi connectivity index (χ1v) is 8.61. The lowest BCUT2D eigenvalue weighted by molar-refractivity contribution is 1.22. The summed E-state index contributed by atoms with van der Waals surface area (Å²) in [4.78, 5) is 3.51. The number of hydrogen-bond acceptors (Lipinski definition) is 0. The summed E-state index contributed by atoms with van der Waals surface area (Å²) >= 11 is 6.26. The van der Waals surface area contributed by atoms with E-state index in [0.717, 1.165) is 22.5 Å². The molecule has 0 aliphatic carbocycles. The van der Waals surface area contributed by atoms with Gasteiger partial charge < -0.3 is 4.98 Å². The summed E-state index contributed by atoms with van der Waals surface area (Å²) < 4.78 is 0. The van der Waals surface area contributed by atoms with Crippen LogP contribution in [-0.4, -0.2) is 4.98 Å². The number of H-pyrrole nitrogens is 1. The van der Waals surface area contributed by atoms with Crippen LogP contribution in [0.1, 0.15) is 24.5 Å². The fraction of sp³-hybridized carbons (Fsp3) is 0.0909. The highest BCUT2D eigenvalue weighted by Crippen LogP contribution is 2.36. The Labute approximate surface area is 146 Å². The number of halogens is 1. The average Bonchev–Trinajstić information content (AvgIpc) is 2.98. The second-order valence-electron chi connectivity index (χ2n) is 5.94. The van der Waals surface area contributed by atoms with Crippen LogP contribution in [0.4, 0.5) is 0 Å². The van der Waals surface area contributed by atoms with Gasteiger partial charge in [0.2, 0.25) is 0 Å². The van der Waals surface area contributed by atoms with E-state index in [1.165, 1.54) is 27.5 Å². The van der Waals surface area contributed by atoms with Gasteiger partial charge in [-0.15, -0.1) is 0 Å². The summed E-state index contributed by atoms with van der Waals surface area (Å²) in [6.45, 7) is 2.18. The van der Waals surface area contributed by atoms with Crippen molar-refractivity contribution in [3.05, 3.63) is 89.0 Å². The highest BCUT2D eigenvalue weighted by atomic mass is 35.5. The standard InChI is InChI=1S/C22H18ClN/c1-2-7-17(15-8-4-3-5-9-15)18-10-6-11-21-22(18)19-14-16(23)12-13-20(19)24-21/h3-14,24H,2H2,1H3/b17-7+. The molecule has 3 aromatic carbocycles. The van der Waals surface area contributed by atoms with Crippen molar-refractivity contribution >= 4 is 39.0 Å². The maximum atomic E-state index is 6.26. The van der Waals surface area contributed by atoms with Crippen LogP contribution < -0.4 is 0 Å². The Morgan fingerprint density at radius 2 is 1.79 bits per heavy atom. The zero-order valence-corrected chi connectivity index (χ0v) is 14.3. The SMILES string of the molecule is CC/C=C(\c1ccccc1)c1cccc2[nH]c3ccc(Cl)cc3c12. The van der Waals surface area contributed by atoms with Crippen LogP contribution >= 0.6 is 11.6 Å². The summed E-state index contributed by atoms with van der Waals surface area (Å²) in [6.07, 6.45) is 3.29. The molecule has 2 heteroatoms. The summed E-state index contributed by atoms with van der Waals surface area (Å²) in [6, 6.07) is 23.0. The van der Waals surface area contributed by atoms with Crippen molar-refractivity contribution in [1.29, 1.82) is 0 Å². The van der Waals surface area contributed by atoms with E-state index in [-0.39, 0.29) is 0 Å². The van der Waals surface area contributed by atoms with Gasteiger partial charge in [-0.1, -0.05) is 67.1 Å². The Hall–Kier alpha value is -2.51. The highest BCUT2D eigenvalue weighted by Gasteiger charge is 2.13. The fourth-order valence-electron chi connectivity index (χ4n) is 3.35. The van der Waals surface area contributed by atoms with Crippen molar-refractivity contribution in [3.8, 4) is 0 Å². The molecule has 1 nitrogen and oxygen atoms in total. The lowest BCUT2D eigenvalue weighted by atomic mass is 9.93. The molecule has 0 bridgehead atoms. The molecule has 24 heavy (non-hydrogen) atoms. The molecular formula is C22H18ClN. The van der Waals surface area contributed by atoms with Crippen LogP contribution in [-0.2, 0) is 0 Å². The van der Waals surface area contributed by atoms with E-state index >= 15 is 0 Å². The van der Waals surface area contributed by atoms with Gasteiger partial charge in [0, 0.05) is 26.8 Å². The van der Waals surface area contributed by atoms with Crippen LogP contribution in [0.25, 0.3) is 27.4 Å². The summed E-state index contributed by atoms with van der Waals surface area (Å²) in [7, 11) is 0. The Morgan fingerprint density at radius 1 is 0.958 bits per heavy atom. The first-order valence-electron chi connectivity index (χ1n) is 8.24. The van der Waals surface area contributed by atoms with Gasteiger partial charge >= 0.3 is 0 Å². The zero-order valence-electron chi connectivity index (χ0n) is 13.5. The number of aromatic nitrogens is 1. The molecule has 0 radical (unpaired) electrons. The largest absolute Gasteiger partial charge is 0.354 e. The van der Waals surface area contributed by atoms with Crippen molar-refractivity contribution in [2.75, 3.05) is 0 Å². The molecule has 0 aliphatic rings. The van der Waals surface area contributed by atoms with Gasteiger partial charge in [-0.25, -0.2) is 0 Å². The minimum atomic E-state index is 0.763. The van der Waals surface area contributed by atoms with Crippen LogP contribution in [0, 0.1) is 0 Å². The number of rotatable bonds is 3. The Balaban J connectivity index is 2.06. The van der Waals surface area contributed by atoms with Gasteiger partial charge in [-0.2, -0.15) is 0 Å². The molecule has 1 heterocycles. The van der Waals surface area contributed by atoms with Gasteiger partial charge in [0.25, 0.3) is 0 Å². The van der Waals surface area contributed by atoms with Gasteiger partial charge in [0.1, 0.15) is 0 Å². The summed E-state index contributed by atoms with van der Waals surface area (Å²) in [5.74, 6) is 0. The Kier molecular flexibility index (Phi) is 3.87. The number of aromatic amines is 1. The van der Waals surface area contributed by atoms with Gasteiger partial charge in [0.05, 0.1) is 0 Å². The fourth-order valence-corrected chi connectivity index (χ4v) is 3.53. The van der Waals surface area contributed by atoms with Crippen molar-refractivity contribution in [2.45, 2.75) is 13.3 Å². The van der Waals surface area contributed by atoms with E-state index in [0.29, 0.717) is 0 Å². The minimum absolute atomic E-state index is 0.763. The number of benzene rings is 3. The van der Waals surface area contributed by atoms with Crippen molar-refractivity contribution < 1.29 is 0 Å². The van der Waals surface area contributed by atoms with Gasteiger partial charge in [-0.05, 0) is 47.4 Å². The van der Waals surface area contributed by atoms with E-state index in [2.05, 4.69) is 66.5 Å². The quantitative estimate of drug-likeness (QED) is 0.424. The summed E-state index contributed by atoms with van der Waals surface area (Å²) in [5, 5.41) is 3.17. The van der Waals surface area contributed by atoms with Crippen molar-refractivity contribution in [2.24, 2.45) is 0 Å². The molecular weight excluding hydrogens is 314 g/mol. The minimum Gasteiger partial charge on any atom is -0.354 e. The highest BCUT2D eigenvalue weighted by molar-refractivity contribution is 6.32. The second-order valence-corrected chi connectivity index (χ2v) is 6.37. The lowest BCUT2D eigenvalue weighted by Gasteiger charge is -2.10. The van der Waals surface area contributed by atoms with Crippen LogP contribution in [0.3, 0.4) is 0 Å². The van der Waals surface area contributed by atoms with Gasteiger partial charge in [-0.3, -0.25) is 0 Å². The summed E-state index contributed by atoms with van der Waals surface area (Å²) in [5.41, 5.74) is 6.01. The lowest BCUT2D eigenvalue weighted by Crippen LogP contribution is -1.89. The topological polar surface area (TPSA) is 15.8 Å². The number of nitrogens with one attached hydrogen (secondary N) is 1. The molecule has 118 valence electrons. The molecule has 1 aromatic heterocycles. The third-order valence-electron chi connectivity index (χ3n) is 4.37. The van der Waals surface area contributed by atoms with E-state index in [4.69, 9.17) is 11.6 Å². The van der Waals surface area contributed by atoms with Crippen molar-refractivity contribution in [1.82, 2.24) is 4.98 Å². The first-order chi connectivity index (χ1) is 11.8. The molecule has 0 aliphatic heterocycles. The van der Waals surface area contributed by atoms with Gasteiger partial charge in [0.15, 0.2) is 0 Å². The van der Waals surface area contributed by atoms with Crippen LogP contribution in [0.15, 0.2) is 72.8 Å². The first kappa shape index (κ1) is 15.0. The number of hydrogen-bond donors (Lipinski definition) is 1. The smallest absolute Gasteiger partial charge is 0.0471 e. The molecule has 4 aromatic rings. The molecule has 0 amide bonds. The number of fused-ring (bicyclic) bond motifs is 3. The molecule has 0 fully saturated rings. The number of allylic oxidation sites excluding steroid dienone is 1. The predicted molar refractivity (Wildman–Crippen MR) is 105 cm³/mol. The average molecular weight is 332 g/mol. The van der Waals surface area contributed by atoms with E-state index in [1.54, 1.807) is 0 Å². The molecule has 0 saturated heterocycles. The predicted octanol–water partition coefficient (Wildman–Crippen LogP) is 6.82. The molecule has 0 saturated carbocycles. The van der Waals surface area contributed by atoms with E-state index in [9.17, 15) is 0 Å². The third-order valence-corrected chi connectivity index (χ3v) is 4.60. The maximum absolute atomic E-state index is 6.26. The maximum Gasteiger partial charge on any atom is 0.0471 e. The zero-order chi connectivity index (χ0) is 16.5. The van der Waals surface area contributed by atoms with E-state index < -0.39 is 0 Å². The Bertz CT molecular complexity index is 1040. The molecule has 0 atom stereocenters. The molecule has 4 rings (SSSR count). The third kappa shape index (κ3) is 2.51. The normalized spacial score (nSPS) is 12.2. The van der Waals surface area contributed by atoms with Crippen LogP contribution in [0.2, 0.25) is 5.02 Å². The van der Waals surface area contributed by atoms with Crippen LogP contribution in [0.5, 0.6) is 0 Å². The van der Waals surface area contributed by atoms with E-state index in [1.807, 2.05) is 18.2 Å². The Morgan fingerprint density at radius 3 is 2.58 bits per heavy atom. The molecule has 0 unspecified atom stereocenters. The second kappa shape index (κ2) is 6.18. The van der Waals surface area contributed by atoms with Crippen molar-refractivity contribution in [3.63, 3.8) is 0 Å². The molecule has 0 spiro atoms.